The standard InChI is InChI=1S/C12H11Cl2N3O2S/c1-7-3-4-9(8(2)5-7)20(18,19)17-10-11(13)15-6-16-12(10)14/h3-6,17H,1-2H3. The van der Waals surface area contributed by atoms with Crippen molar-refractivity contribution in [1.82, 2.24) is 9.97 Å². The maximum atomic E-state index is 12.4. The van der Waals surface area contributed by atoms with E-state index >= 15 is 0 Å². The van der Waals surface area contributed by atoms with Gasteiger partial charge in [-0.25, -0.2) is 18.4 Å². The number of aryl methyl sites for hydroxylation is 2. The lowest BCUT2D eigenvalue weighted by atomic mass is 10.2. The molecule has 8 heteroatoms. The SMILES string of the molecule is Cc1ccc(S(=O)(=O)Nc2c(Cl)ncnc2Cl)c(C)c1. The van der Waals surface area contributed by atoms with E-state index in [1.807, 2.05) is 6.92 Å². The van der Waals surface area contributed by atoms with Gasteiger partial charge in [-0.15, -0.1) is 0 Å². The molecule has 5 nitrogen and oxygen atoms in total. The van der Waals surface area contributed by atoms with Gasteiger partial charge in [0.15, 0.2) is 10.3 Å². The van der Waals surface area contributed by atoms with E-state index in [1.165, 1.54) is 6.07 Å². The Morgan fingerprint density at radius 1 is 1.10 bits per heavy atom. The molecule has 0 fully saturated rings. The van der Waals surface area contributed by atoms with E-state index in [9.17, 15) is 8.42 Å². The van der Waals surface area contributed by atoms with Crippen LogP contribution < -0.4 is 4.72 Å². The van der Waals surface area contributed by atoms with Gasteiger partial charge in [0.1, 0.15) is 12.0 Å². The molecule has 0 amide bonds. The number of aromatic nitrogens is 2. The molecule has 0 bridgehead atoms. The average molecular weight is 332 g/mol. The van der Waals surface area contributed by atoms with Gasteiger partial charge in [0.05, 0.1) is 4.90 Å². The molecule has 1 aromatic carbocycles. The topological polar surface area (TPSA) is 72.0 Å². The lowest BCUT2D eigenvalue weighted by Crippen LogP contribution is -2.15. The summed E-state index contributed by atoms with van der Waals surface area (Å²) in [7, 11) is -3.80. The van der Waals surface area contributed by atoms with E-state index in [1.54, 1.807) is 19.1 Å². The molecule has 106 valence electrons. The monoisotopic (exact) mass is 331 g/mol. The maximum Gasteiger partial charge on any atom is 0.262 e. The third kappa shape index (κ3) is 3.03. The molecule has 0 saturated heterocycles. The van der Waals surface area contributed by atoms with Gasteiger partial charge in [-0.05, 0) is 25.5 Å². The highest BCUT2D eigenvalue weighted by molar-refractivity contribution is 7.92. The number of anilines is 1. The molecule has 2 rings (SSSR count). The molecule has 20 heavy (non-hydrogen) atoms. The third-order valence-electron chi connectivity index (χ3n) is 2.61. The van der Waals surface area contributed by atoms with Crippen molar-refractivity contribution in [1.29, 1.82) is 0 Å². The zero-order valence-electron chi connectivity index (χ0n) is 10.7. The molecule has 1 N–H and O–H groups in total. The summed E-state index contributed by atoms with van der Waals surface area (Å²) in [6.45, 7) is 3.60. The number of halogens is 2. The van der Waals surface area contributed by atoms with Crippen molar-refractivity contribution in [3.63, 3.8) is 0 Å². The molecular weight excluding hydrogens is 321 g/mol. The van der Waals surface area contributed by atoms with Crippen LogP contribution in [0, 0.1) is 13.8 Å². The Kier molecular flexibility index (Phi) is 4.17. The van der Waals surface area contributed by atoms with Crippen molar-refractivity contribution in [2.45, 2.75) is 18.7 Å². The molecular formula is C12H11Cl2N3O2S. The number of hydrogen-bond donors (Lipinski definition) is 1. The molecule has 1 heterocycles. The van der Waals surface area contributed by atoms with Gasteiger partial charge in [-0.2, -0.15) is 0 Å². The summed E-state index contributed by atoms with van der Waals surface area (Å²) >= 11 is 11.7. The lowest BCUT2D eigenvalue weighted by Gasteiger charge is -2.12. The van der Waals surface area contributed by atoms with Crippen molar-refractivity contribution in [3.05, 3.63) is 46.0 Å². The predicted molar refractivity (Wildman–Crippen MR) is 78.8 cm³/mol. The number of nitrogens with one attached hydrogen (secondary N) is 1. The van der Waals surface area contributed by atoms with E-state index in [4.69, 9.17) is 23.2 Å². The fraction of sp³-hybridized carbons (Fsp3) is 0.167. The van der Waals surface area contributed by atoms with Crippen LogP contribution in [-0.2, 0) is 10.0 Å². The van der Waals surface area contributed by atoms with Gasteiger partial charge >= 0.3 is 0 Å². The van der Waals surface area contributed by atoms with Crippen molar-refractivity contribution in [2.24, 2.45) is 0 Å². The molecule has 2 aromatic rings. The van der Waals surface area contributed by atoms with Gasteiger partial charge in [-0.3, -0.25) is 4.72 Å². The Labute approximate surface area is 127 Å². The predicted octanol–water partition coefficient (Wildman–Crippen LogP) is 3.20. The maximum absolute atomic E-state index is 12.4. The minimum Gasteiger partial charge on any atom is -0.274 e. The van der Waals surface area contributed by atoms with E-state index in [2.05, 4.69) is 14.7 Å². The van der Waals surface area contributed by atoms with Crippen LogP contribution in [0.25, 0.3) is 0 Å². The van der Waals surface area contributed by atoms with Crippen LogP contribution in [0.2, 0.25) is 10.3 Å². The second-order valence-corrected chi connectivity index (χ2v) is 6.57. The Bertz CT molecular complexity index is 743. The molecule has 0 spiro atoms. The van der Waals surface area contributed by atoms with E-state index in [-0.39, 0.29) is 20.9 Å². The number of nitrogens with zero attached hydrogens (tertiary/aromatic N) is 2. The summed E-state index contributed by atoms with van der Waals surface area (Å²) < 4.78 is 27.0. The quantitative estimate of drug-likeness (QED) is 0.876. The van der Waals surface area contributed by atoms with Crippen LogP contribution in [0.4, 0.5) is 5.69 Å². The first-order valence-electron chi connectivity index (χ1n) is 5.57. The molecule has 0 radical (unpaired) electrons. The molecule has 0 aliphatic rings. The van der Waals surface area contributed by atoms with Gasteiger partial charge < -0.3 is 0 Å². The van der Waals surface area contributed by atoms with Crippen LogP contribution >= 0.6 is 23.2 Å². The summed E-state index contributed by atoms with van der Waals surface area (Å²) in [5.74, 6) is 0. The lowest BCUT2D eigenvalue weighted by molar-refractivity contribution is 0.600. The number of hydrogen-bond acceptors (Lipinski definition) is 4. The van der Waals surface area contributed by atoms with E-state index < -0.39 is 10.0 Å². The van der Waals surface area contributed by atoms with E-state index in [0.717, 1.165) is 11.9 Å². The van der Waals surface area contributed by atoms with Gasteiger partial charge in [-0.1, -0.05) is 40.9 Å². The summed E-state index contributed by atoms with van der Waals surface area (Å²) in [6.07, 6.45) is 1.15. The van der Waals surface area contributed by atoms with Crippen LogP contribution in [0.3, 0.4) is 0 Å². The summed E-state index contributed by atoms with van der Waals surface area (Å²) in [5.41, 5.74) is 1.57. The molecule has 0 unspecified atom stereocenters. The molecule has 0 atom stereocenters. The number of sulfonamides is 1. The Hall–Kier alpha value is -1.37. The number of rotatable bonds is 3. The Morgan fingerprint density at radius 3 is 2.25 bits per heavy atom. The van der Waals surface area contributed by atoms with Gasteiger partial charge in [0, 0.05) is 0 Å². The zero-order valence-corrected chi connectivity index (χ0v) is 13.0. The van der Waals surface area contributed by atoms with Crippen molar-refractivity contribution in [2.75, 3.05) is 4.72 Å². The first-order chi connectivity index (χ1) is 9.31. The molecule has 1 aromatic heterocycles. The highest BCUT2D eigenvalue weighted by Crippen LogP contribution is 2.29. The summed E-state index contributed by atoms with van der Waals surface area (Å²) in [5, 5.41) is -0.114. The first-order valence-corrected chi connectivity index (χ1v) is 7.81. The fourth-order valence-corrected chi connectivity index (χ4v) is 3.54. The normalized spacial score (nSPS) is 11.4. The highest BCUT2D eigenvalue weighted by atomic mass is 35.5. The third-order valence-corrected chi connectivity index (χ3v) is 4.69. The number of benzene rings is 1. The minimum absolute atomic E-state index is 0.0317. The summed E-state index contributed by atoms with van der Waals surface area (Å²) in [4.78, 5) is 7.55. The first kappa shape index (κ1) is 15.0. The second kappa shape index (κ2) is 5.55. The fourth-order valence-electron chi connectivity index (χ4n) is 1.72. The summed E-state index contributed by atoms with van der Waals surface area (Å²) in [6, 6.07) is 5.02. The van der Waals surface area contributed by atoms with Crippen LogP contribution in [0.5, 0.6) is 0 Å². The Balaban J connectivity index is 2.46. The van der Waals surface area contributed by atoms with E-state index in [0.29, 0.717) is 5.56 Å². The average Bonchev–Trinajstić information content (AvgIpc) is 2.33. The van der Waals surface area contributed by atoms with Crippen LogP contribution in [-0.4, -0.2) is 18.4 Å². The molecule has 0 aliphatic heterocycles. The van der Waals surface area contributed by atoms with Crippen molar-refractivity contribution >= 4 is 38.9 Å². The second-order valence-electron chi connectivity index (χ2n) is 4.20. The molecule has 0 aliphatic carbocycles. The van der Waals surface area contributed by atoms with Crippen LogP contribution in [0.1, 0.15) is 11.1 Å². The van der Waals surface area contributed by atoms with Gasteiger partial charge in [0.2, 0.25) is 0 Å². The Morgan fingerprint density at radius 2 is 1.70 bits per heavy atom. The minimum atomic E-state index is -3.80. The van der Waals surface area contributed by atoms with Crippen molar-refractivity contribution in [3.8, 4) is 0 Å². The van der Waals surface area contributed by atoms with Crippen LogP contribution in [0.15, 0.2) is 29.4 Å². The largest absolute Gasteiger partial charge is 0.274 e. The smallest absolute Gasteiger partial charge is 0.262 e. The van der Waals surface area contributed by atoms with Crippen molar-refractivity contribution < 1.29 is 8.42 Å². The van der Waals surface area contributed by atoms with Gasteiger partial charge in [0.25, 0.3) is 10.0 Å². The zero-order chi connectivity index (χ0) is 14.9. The molecule has 0 saturated carbocycles. The highest BCUT2D eigenvalue weighted by Gasteiger charge is 2.20.